The molecule has 98 valence electrons. The fourth-order valence-electron chi connectivity index (χ4n) is 1.74. The van der Waals surface area contributed by atoms with Gasteiger partial charge in [0.15, 0.2) is 0 Å². The van der Waals surface area contributed by atoms with E-state index in [4.69, 9.17) is 17.4 Å². The van der Waals surface area contributed by atoms with Gasteiger partial charge in [0.2, 0.25) is 0 Å². The van der Waals surface area contributed by atoms with Crippen molar-refractivity contribution in [1.82, 2.24) is 15.2 Å². The minimum absolute atomic E-state index is 0.0537. The van der Waals surface area contributed by atoms with Gasteiger partial charge in [0.25, 0.3) is 0 Å². The van der Waals surface area contributed by atoms with Gasteiger partial charge in [0, 0.05) is 23.5 Å². The lowest BCUT2D eigenvalue weighted by Gasteiger charge is -2.12. The molecule has 2 rings (SSSR count). The van der Waals surface area contributed by atoms with E-state index < -0.39 is 0 Å². The quantitative estimate of drug-likeness (QED) is 0.656. The Hall–Kier alpha value is -0.880. The van der Waals surface area contributed by atoms with Crippen LogP contribution >= 0.6 is 22.9 Å². The number of thiophene rings is 1. The highest BCUT2D eigenvalue weighted by Gasteiger charge is 2.14. The van der Waals surface area contributed by atoms with Gasteiger partial charge in [-0.25, -0.2) is 0 Å². The van der Waals surface area contributed by atoms with Crippen molar-refractivity contribution in [2.45, 2.75) is 32.4 Å². The Kier molecular flexibility index (Phi) is 4.40. The van der Waals surface area contributed by atoms with Gasteiger partial charge in [-0.3, -0.25) is 16.0 Å². The van der Waals surface area contributed by atoms with Crippen molar-refractivity contribution in [2.24, 2.45) is 5.84 Å². The average Bonchev–Trinajstić information content (AvgIpc) is 2.94. The highest BCUT2D eigenvalue weighted by Crippen LogP contribution is 2.28. The Bertz CT molecular complexity index is 506. The lowest BCUT2D eigenvalue weighted by Crippen LogP contribution is -2.29. The van der Waals surface area contributed by atoms with Gasteiger partial charge in [0.05, 0.1) is 16.1 Å². The summed E-state index contributed by atoms with van der Waals surface area (Å²) in [7, 11) is 0. The third-order valence-corrected chi connectivity index (χ3v) is 4.09. The average molecular weight is 285 g/mol. The summed E-state index contributed by atoms with van der Waals surface area (Å²) in [5, 5.41) is 4.52. The monoisotopic (exact) mass is 284 g/mol. The molecule has 1 unspecified atom stereocenters. The molecule has 0 fully saturated rings. The van der Waals surface area contributed by atoms with Crippen molar-refractivity contribution >= 4 is 22.9 Å². The van der Waals surface area contributed by atoms with Gasteiger partial charge in [-0.1, -0.05) is 11.6 Å². The van der Waals surface area contributed by atoms with Gasteiger partial charge in [0.1, 0.15) is 0 Å². The standard InChI is InChI=1S/C12H17ClN4S/c1-8(2)17-6-5-9(16-17)7-10(15-14)11-3-4-12(13)18-11/h3-6,8,10,15H,7,14H2,1-2H3. The summed E-state index contributed by atoms with van der Waals surface area (Å²) in [5.41, 5.74) is 3.85. The van der Waals surface area contributed by atoms with Crippen LogP contribution in [-0.2, 0) is 6.42 Å². The fraction of sp³-hybridized carbons (Fsp3) is 0.417. The normalized spacial score (nSPS) is 13.2. The predicted molar refractivity (Wildman–Crippen MR) is 75.7 cm³/mol. The second-order valence-corrected chi connectivity index (χ2v) is 6.19. The third kappa shape index (κ3) is 3.11. The van der Waals surface area contributed by atoms with Crippen LogP contribution in [0.15, 0.2) is 24.4 Å². The van der Waals surface area contributed by atoms with Crippen molar-refractivity contribution in [2.75, 3.05) is 0 Å². The highest BCUT2D eigenvalue weighted by atomic mass is 35.5. The molecule has 0 radical (unpaired) electrons. The van der Waals surface area contributed by atoms with Gasteiger partial charge in [-0.05, 0) is 32.0 Å². The number of hydrazine groups is 1. The number of hydrogen-bond donors (Lipinski definition) is 2. The number of hydrogen-bond acceptors (Lipinski definition) is 4. The van der Waals surface area contributed by atoms with Crippen molar-refractivity contribution in [1.29, 1.82) is 0 Å². The molecule has 0 amide bonds. The molecule has 2 heterocycles. The maximum absolute atomic E-state index is 5.94. The van der Waals surface area contributed by atoms with Crippen molar-refractivity contribution in [3.63, 3.8) is 0 Å². The van der Waals surface area contributed by atoms with Crippen LogP contribution in [0.2, 0.25) is 4.34 Å². The first-order chi connectivity index (χ1) is 8.60. The molecule has 6 heteroatoms. The van der Waals surface area contributed by atoms with Crippen molar-refractivity contribution in [3.8, 4) is 0 Å². The molecule has 0 saturated carbocycles. The zero-order valence-corrected chi connectivity index (χ0v) is 12.0. The van der Waals surface area contributed by atoms with E-state index in [1.54, 1.807) is 11.3 Å². The largest absolute Gasteiger partial charge is 0.271 e. The van der Waals surface area contributed by atoms with E-state index in [-0.39, 0.29) is 6.04 Å². The molecule has 4 nitrogen and oxygen atoms in total. The molecule has 0 spiro atoms. The van der Waals surface area contributed by atoms with E-state index in [1.807, 2.05) is 29.1 Å². The van der Waals surface area contributed by atoms with Crippen LogP contribution in [0.3, 0.4) is 0 Å². The summed E-state index contributed by atoms with van der Waals surface area (Å²) >= 11 is 7.48. The molecule has 0 aliphatic carbocycles. The second kappa shape index (κ2) is 5.84. The van der Waals surface area contributed by atoms with Gasteiger partial charge < -0.3 is 0 Å². The summed E-state index contributed by atoms with van der Waals surface area (Å²) in [4.78, 5) is 1.13. The molecule has 3 N–H and O–H groups in total. The lowest BCUT2D eigenvalue weighted by atomic mass is 10.1. The topological polar surface area (TPSA) is 55.9 Å². The molecular weight excluding hydrogens is 268 g/mol. The third-order valence-electron chi connectivity index (χ3n) is 2.74. The van der Waals surface area contributed by atoms with E-state index in [0.29, 0.717) is 6.04 Å². The molecule has 0 aliphatic heterocycles. The van der Waals surface area contributed by atoms with Gasteiger partial charge >= 0.3 is 0 Å². The van der Waals surface area contributed by atoms with E-state index >= 15 is 0 Å². The summed E-state index contributed by atoms with van der Waals surface area (Å²) in [6, 6.07) is 6.34. The maximum atomic E-state index is 5.94. The molecule has 2 aromatic rings. The molecule has 1 atom stereocenters. The van der Waals surface area contributed by atoms with E-state index in [0.717, 1.165) is 21.3 Å². The number of halogens is 1. The van der Waals surface area contributed by atoms with Crippen LogP contribution in [0.4, 0.5) is 0 Å². The van der Waals surface area contributed by atoms with E-state index in [9.17, 15) is 0 Å². The predicted octanol–water partition coefficient (Wildman–Crippen LogP) is 2.93. The summed E-state index contributed by atoms with van der Waals surface area (Å²) in [6.07, 6.45) is 2.75. The van der Waals surface area contributed by atoms with Crippen LogP contribution < -0.4 is 11.3 Å². The first-order valence-electron chi connectivity index (χ1n) is 5.85. The minimum Gasteiger partial charge on any atom is -0.271 e. The maximum Gasteiger partial charge on any atom is 0.0931 e. The smallest absolute Gasteiger partial charge is 0.0931 e. The molecular formula is C12H17ClN4S. The number of nitrogens with two attached hydrogens (primary N) is 1. The molecule has 0 saturated heterocycles. The summed E-state index contributed by atoms with van der Waals surface area (Å²) in [5.74, 6) is 5.61. The SMILES string of the molecule is CC(C)n1ccc(CC(NN)c2ccc(Cl)s2)n1. The summed E-state index contributed by atoms with van der Waals surface area (Å²) in [6.45, 7) is 4.21. The van der Waals surface area contributed by atoms with Crippen LogP contribution in [0.5, 0.6) is 0 Å². The Labute approximate surface area is 116 Å². The van der Waals surface area contributed by atoms with Crippen LogP contribution in [0, 0.1) is 0 Å². The lowest BCUT2D eigenvalue weighted by molar-refractivity contribution is 0.509. The minimum atomic E-state index is 0.0537. The van der Waals surface area contributed by atoms with Crippen LogP contribution in [0.25, 0.3) is 0 Å². The van der Waals surface area contributed by atoms with E-state index in [1.165, 1.54) is 0 Å². The summed E-state index contributed by atoms with van der Waals surface area (Å²) < 4.78 is 2.72. The number of rotatable bonds is 5. The Balaban J connectivity index is 2.10. The van der Waals surface area contributed by atoms with Crippen molar-refractivity contribution < 1.29 is 0 Å². The molecule has 18 heavy (non-hydrogen) atoms. The number of nitrogens with zero attached hydrogens (tertiary/aromatic N) is 2. The van der Waals surface area contributed by atoms with Crippen molar-refractivity contribution in [3.05, 3.63) is 39.3 Å². The molecule has 0 bridgehead atoms. The Morgan fingerprint density at radius 2 is 2.22 bits per heavy atom. The molecule has 0 aromatic carbocycles. The van der Waals surface area contributed by atoms with Crippen LogP contribution in [-0.4, -0.2) is 9.78 Å². The van der Waals surface area contributed by atoms with Gasteiger partial charge in [-0.2, -0.15) is 5.10 Å². The number of aromatic nitrogens is 2. The van der Waals surface area contributed by atoms with E-state index in [2.05, 4.69) is 24.4 Å². The highest BCUT2D eigenvalue weighted by molar-refractivity contribution is 7.16. The molecule has 0 aliphatic rings. The Morgan fingerprint density at radius 3 is 2.72 bits per heavy atom. The first-order valence-corrected chi connectivity index (χ1v) is 7.05. The molecule has 2 aromatic heterocycles. The van der Waals surface area contributed by atoms with Gasteiger partial charge in [-0.15, -0.1) is 11.3 Å². The number of nitrogens with one attached hydrogen (secondary N) is 1. The second-order valence-electron chi connectivity index (χ2n) is 4.45. The first kappa shape index (κ1) is 13.5. The zero-order valence-electron chi connectivity index (χ0n) is 10.4. The Morgan fingerprint density at radius 1 is 1.44 bits per heavy atom. The fourth-order valence-corrected chi connectivity index (χ4v) is 2.86. The van der Waals surface area contributed by atoms with Crippen LogP contribution in [0.1, 0.15) is 36.5 Å². The zero-order chi connectivity index (χ0) is 13.1.